The second kappa shape index (κ2) is 11.4. The maximum absolute atomic E-state index is 16.8. The molecule has 0 aliphatic rings. The molecule has 0 atom stereocenters. The van der Waals surface area contributed by atoms with Gasteiger partial charge in [-0.3, -0.25) is 0 Å². The number of halogens is 2. The highest BCUT2D eigenvalue weighted by Gasteiger charge is 2.23. The van der Waals surface area contributed by atoms with Gasteiger partial charge in [-0.1, -0.05) is 97.1 Å². The molecule has 0 spiro atoms. The van der Waals surface area contributed by atoms with Crippen LogP contribution in [-0.2, 0) is 0 Å². The minimum Gasteiger partial charge on any atom is -0.496 e. The molecule has 7 aromatic carbocycles. The Bertz CT molecular complexity index is 2650. The van der Waals surface area contributed by atoms with Gasteiger partial charge in [-0.15, -0.1) is 12.6 Å². The van der Waals surface area contributed by atoms with Gasteiger partial charge in [0, 0.05) is 48.7 Å². The Morgan fingerprint density at radius 1 is 0.449 bits per heavy atom. The van der Waals surface area contributed by atoms with Crippen LogP contribution in [0.15, 0.2) is 150 Å². The van der Waals surface area contributed by atoms with Crippen molar-refractivity contribution in [3.63, 3.8) is 0 Å². The predicted molar refractivity (Wildman–Crippen MR) is 200 cm³/mol. The zero-order valence-corrected chi connectivity index (χ0v) is 27.3. The second-order valence-electron chi connectivity index (χ2n) is 12.1. The van der Waals surface area contributed by atoms with Gasteiger partial charge >= 0.3 is 0 Å². The van der Waals surface area contributed by atoms with Crippen LogP contribution in [0.2, 0.25) is 0 Å². The summed E-state index contributed by atoms with van der Waals surface area (Å²) in [5, 5.41) is 4.20. The van der Waals surface area contributed by atoms with Gasteiger partial charge in [-0.25, -0.2) is 8.78 Å². The van der Waals surface area contributed by atoms with Gasteiger partial charge in [0.15, 0.2) is 11.6 Å². The maximum Gasteiger partial charge on any atom is 0.155 e. The Morgan fingerprint density at radius 3 is 1.24 bits per heavy atom. The smallest absolute Gasteiger partial charge is 0.155 e. The lowest BCUT2D eigenvalue weighted by molar-refractivity contribution is 0.416. The van der Waals surface area contributed by atoms with Crippen molar-refractivity contribution in [2.24, 2.45) is 0 Å². The monoisotopic (exact) mass is 658 g/mol. The predicted octanol–water partition coefficient (Wildman–Crippen LogP) is 11.8. The number of ether oxygens (including phenoxy) is 1. The average molecular weight is 659 g/mol. The van der Waals surface area contributed by atoms with Crippen molar-refractivity contribution in [1.82, 2.24) is 9.13 Å². The number of nitrogens with zero attached hydrogens (tertiary/aromatic N) is 2. The van der Waals surface area contributed by atoms with Gasteiger partial charge in [0.05, 0.1) is 40.6 Å². The molecule has 9 rings (SSSR count). The van der Waals surface area contributed by atoms with Crippen LogP contribution < -0.4 is 4.74 Å². The molecule has 0 aliphatic carbocycles. The first-order chi connectivity index (χ1) is 24.0. The lowest BCUT2D eigenvalue weighted by Gasteiger charge is -2.18. The van der Waals surface area contributed by atoms with Gasteiger partial charge in [0.1, 0.15) is 5.75 Å². The number of hydrogen-bond donors (Lipinski definition) is 1. The van der Waals surface area contributed by atoms with Crippen molar-refractivity contribution < 1.29 is 13.5 Å². The SMILES string of the molecule is COc1cc(-c2cccc(-n3c4ccccc4c4ccccc43)c2F)c(S)cc1-c1cccc(-n2c3ccccc3c3ccccc32)c1F. The van der Waals surface area contributed by atoms with Crippen LogP contribution in [0.25, 0.3) is 77.2 Å². The first-order valence-electron chi connectivity index (χ1n) is 16.0. The summed E-state index contributed by atoms with van der Waals surface area (Å²) in [5.41, 5.74) is 6.30. The van der Waals surface area contributed by atoms with Crippen molar-refractivity contribution in [3.8, 4) is 39.4 Å². The first-order valence-corrected chi connectivity index (χ1v) is 16.5. The molecule has 9 aromatic rings. The molecular weight excluding hydrogens is 631 g/mol. The number of methoxy groups -OCH3 is 1. The van der Waals surface area contributed by atoms with Crippen LogP contribution >= 0.6 is 12.6 Å². The Kier molecular flexibility index (Phi) is 6.81. The summed E-state index contributed by atoms with van der Waals surface area (Å²) in [6, 6.07) is 46.3. The Morgan fingerprint density at radius 2 is 0.837 bits per heavy atom. The van der Waals surface area contributed by atoms with Gasteiger partial charge in [0.2, 0.25) is 0 Å². The number of thiol groups is 1. The van der Waals surface area contributed by atoms with Crippen LogP contribution in [0.5, 0.6) is 5.75 Å². The Balaban J connectivity index is 1.20. The standard InChI is InChI=1S/C43H28F2N2OS/c1-48-40-24-33(31-17-11-23-39(43(31)45)47-36-20-8-4-14-28(36)29-15-5-9-21-37(29)47)41(49)25-32(40)30-16-10-22-38(42(30)44)46-34-18-6-2-12-26(34)27-13-3-7-19-35(27)46/h2-25,49H,1H3. The Labute approximate surface area is 286 Å². The minimum absolute atomic E-state index is 0.359. The van der Waals surface area contributed by atoms with Crippen molar-refractivity contribution in [1.29, 1.82) is 0 Å². The quantitative estimate of drug-likeness (QED) is 0.182. The van der Waals surface area contributed by atoms with Gasteiger partial charge in [-0.05, 0) is 48.5 Å². The van der Waals surface area contributed by atoms with E-state index in [2.05, 4.69) is 24.3 Å². The molecule has 2 aromatic heterocycles. The lowest BCUT2D eigenvalue weighted by atomic mass is 9.97. The van der Waals surface area contributed by atoms with E-state index >= 15 is 8.78 Å². The van der Waals surface area contributed by atoms with E-state index in [1.807, 2.05) is 94.1 Å². The molecule has 0 fully saturated rings. The fourth-order valence-corrected chi connectivity index (χ4v) is 7.64. The topological polar surface area (TPSA) is 19.1 Å². The number of hydrogen-bond acceptors (Lipinski definition) is 2. The molecule has 0 saturated heterocycles. The van der Waals surface area contributed by atoms with Crippen molar-refractivity contribution in [2.75, 3.05) is 7.11 Å². The summed E-state index contributed by atoms with van der Waals surface area (Å²) in [5.74, 6) is -0.376. The van der Waals surface area contributed by atoms with E-state index in [1.54, 1.807) is 43.5 Å². The normalized spacial score (nSPS) is 11.7. The fraction of sp³-hybridized carbons (Fsp3) is 0.0233. The zero-order chi connectivity index (χ0) is 33.2. The largest absolute Gasteiger partial charge is 0.496 e. The van der Waals surface area contributed by atoms with Gasteiger partial charge in [0.25, 0.3) is 0 Å². The molecule has 6 heteroatoms. The molecule has 0 amide bonds. The van der Waals surface area contributed by atoms with Crippen LogP contribution in [0.1, 0.15) is 0 Å². The molecule has 0 radical (unpaired) electrons. The number of fused-ring (bicyclic) bond motifs is 6. The van der Waals surface area contributed by atoms with E-state index in [0.717, 1.165) is 43.6 Å². The molecular formula is C43H28F2N2OS. The molecule has 2 heterocycles. The minimum atomic E-state index is -0.396. The van der Waals surface area contributed by atoms with E-state index in [4.69, 9.17) is 17.4 Å². The second-order valence-corrected chi connectivity index (χ2v) is 12.6. The molecule has 3 nitrogen and oxygen atoms in total. The van der Waals surface area contributed by atoms with Crippen molar-refractivity contribution in [3.05, 3.63) is 157 Å². The van der Waals surface area contributed by atoms with E-state index in [1.165, 1.54) is 0 Å². The fourth-order valence-electron chi connectivity index (χ4n) is 7.33. The zero-order valence-electron chi connectivity index (χ0n) is 26.4. The lowest BCUT2D eigenvalue weighted by Crippen LogP contribution is -2.01. The highest BCUT2D eigenvalue weighted by atomic mass is 32.1. The van der Waals surface area contributed by atoms with E-state index < -0.39 is 11.6 Å². The molecule has 236 valence electrons. The Hall–Kier alpha value is -5.85. The van der Waals surface area contributed by atoms with Crippen LogP contribution in [0.4, 0.5) is 8.78 Å². The molecule has 49 heavy (non-hydrogen) atoms. The van der Waals surface area contributed by atoms with Gasteiger partial charge in [-0.2, -0.15) is 0 Å². The summed E-state index contributed by atoms with van der Waals surface area (Å²) in [4.78, 5) is 0.496. The van der Waals surface area contributed by atoms with Crippen molar-refractivity contribution in [2.45, 2.75) is 4.90 Å². The summed E-state index contributed by atoms with van der Waals surface area (Å²) in [6.45, 7) is 0. The first kappa shape index (κ1) is 29.3. The third-order valence-corrected chi connectivity index (χ3v) is 9.87. The number of para-hydroxylation sites is 4. The number of rotatable bonds is 5. The molecule has 0 N–H and O–H groups in total. The van der Waals surface area contributed by atoms with Crippen molar-refractivity contribution >= 4 is 56.2 Å². The molecule has 0 bridgehead atoms. The van der Waals surface area contributed by atoms with Crippen LogP contribution in [0, 0.1) is 11.6 Å². The summed E-state index contributed by atoms with van der Waals surface area (Å²) in [6.07, 6.45) is 0. The van der Waals surface area contributed by atoms with Crippen LogP contribution in [0.3, 0.4) is 0 Å². The summed E-state index contributed by atoms with van der Waals surface area (Å²) in [7, 11) is 1.54. The number of aromatic nitrogens is 2. The average Bonchev–Trinajstić information content (AvgIpc) is 3.65. The number of benzene rings is 7. The third-order valence-electron chi connectivity index (χ3n) is 9.50. The summed E-state index contributed by atoms with van der Waals surface area (Å²) >= 11 is 4.85. The molecule has 0 saturated carbocycles. The maximum atomic E-state index is 16.8. The highest BCUT2D eigenvalue weighted by Crippen LogP contribution is 2.43. The molecule has 0 aliphatic heterocycles. The van der Waals surface area contributed by atoms with E-state index in [9.17, 15) is 0 Å². The van der Waals surface area contributed by atoms with E-state index in [-0.39, 0.29) is 0 Å². The summed E-state index contributed by atoms with van der Waals surface area (Å²) < 4.78 is 43.4. The third kappa shape index (κ3) is 4.41. The van der Waals surface area contributed by atoms with Gasteiger partial charge < -0.3 is 13.9 Å². The molecule has 0 unspecified atom stereocenters. The van der Waals surface area contributed by atoms with Crippen LogP contribution in [-0.4, -0.2) is 16.2 Å². The highest BCUT2D eigenvalue weighted by molar-refractivity contribution is 7.80. The van der Waals surface area contributed by atoms with E-state index in [0.29, 0.717) is 44.3 Å².